The van der Waals surface area contributed by atoms with E-state index in [0.717, 1.165) is 16.8 Å². The molecule has 2 saturated heterocycles. The van der Waals surface area contributed by atoms with Crippen molar-refractivity contribution in [3.8, 4) is 0 Å². The van der Waals surface area contributed by atoms with Crippen LogP contribution in [-0.2, 0) is 32.1 Å². The van der Waals surface area contributed by atoms with Crippen LogP contribution in [0.2, 0.25) is 0 Å². The summed E-state index contributed by atoms with van der Waals surface area (Å²) in [6.45, 7) is 4.35. The van der Waals surface area contributed by atoms with Crippen molar-refractivity contribution in [2.45, 2.75) is 69.9 Å². The van der Waals surface area contributed by atoms with Crippen LogP contribution in [0.4, 0.5) is 10.5 Å². The van der Waals surface area contributed by atoms with Crippen LogP contribution in [-0.4, -0.2) is 85.2 Å². The van der Waals surface area contributed by atoms with E-state index in [4.69, 9.17) is 4.74 Å². The molecule has 3 amide bonds. The number of nitrogens with one attached hydrogen (secondary N) is 3. The van der Waals surface area contributed by atoms with Crippen molar-refractivity contribution in [3.63, 3.8) is 0 Å². The lowest BCUT2D eigenvalue weighted by Crippen LogP contribution is -2.58. The topological polar surface area (TPSA) is 137 Å². The van der Waals surface area contributed by atoms with Crippen molar-refractivity contribution in [2.24, 2.45) is 5.92 Å². The number of likely N-dealkylation sites (tertiary alicyclic amines) is 1. The first-order valence-electron chi connectivity index (χ1n) is 16.8. The number of ketones is 2. The van der Waals surface area contributed by atoms with E-state index < -0.39 is 59.7 Å². The van der Waals surface area contributed by atoms with E-state index in [1.165, 1.54) is 4.90 Å². The van der Waals surface area contributed by atoms with Gasteiger partial charge in [-0.2, -0.15) is 0 Å². The maximum atomic E-state index is 14.6. The molecule has 3 aromatic carbocycles. The number of anilines is 1. The van der Waals surface area contributed by atoms with Crippen LogP contribution in [0.25, 0.3) is 0 Å². The van der Waals surface area contributed by atoms with Crippen LogP contribution < -0.4 is 20.9 Å². The van der Waals surface area contributed by atoms with Gasteiger partial charge in [-0.25, -0.2) is 4.79 Å². The third kappa shape index (κ3) is 8.53. The van der Waals surface area contributed by atoms with E-state index in [2.05, 4.69) is 16.0 Å². The molecule has 1 unspecified atom stereocenters. The summed E-state index contributed by atoms with van der Waals surface area (Å²) in [7, 11) is 3.80. The van der Waals surface area contributed by atoms with Gasteiger partial charge in [-0.15, -0.1) is 0 Å². The summed E-state index contributed by atoms with van der Waals surface area (Å²) in [5.74, 6) is -1.97. The minimum absolute atomic E-state index is 0.00414. The second-order valence-corrected chi connectivity index (χ2v) is 13.3. The molecule has 2 fully saturated rings. The summed E-state index contributed by atoms with van der Waals surface area (Å²) in [6, 6.07) is 20.5. The van der Waals surface area contributed by atoms with Crippen LogP contribution in [0.3, 0.4) is 0 Å². The zero-order chi connectivity index (χ0) is 35.1. The summed E-state index contributed by atoms with van der Waals surface area (Å²) < 4.78 is 5.46. The Balaban J connectivity index is 1.41. The fraction of sp³-hybridized carbons (Fsp3) is 0.395. The minimum atomic E-state index is -1.43. The van der Waals surface area contributed by atoms with Gasteiger partial charge in [0.1, 0.15) is 12.6 Å². The first kappa shape index (κ1) is 35.3. The first-order chi connectivity index (χ1) is 23.5. The number of alkyl carbamates (subject to hydrolysis) is 1. The van der Waals surface area contributed by atoms with Crippen molar-refractivity contribution >= 4 is 35.2 Å². The number of carbonyl (C=O) groups excluding carboxylic acids is 5. The van der Waals surface area contributed by atoms with Crippen LogP contribution in [0.5, 0.6) is 0 Å². The fourth-order valence-electron chi connectivity index (χ4n) is 6.54. The Morgan fingerprint density at radius 1 is 0.878 bits per heavy atom. The highest BCUT2D eigenvalue weighted by Gasteiger charge is 2.57. The largest absolute Gasteiger partial charge is 0.445 e. The highest BCUT2D eigenvalue weighted by molar-refractivity contribution is 6.16. The van der Waals surface area contributed by atoms with Crippen molar-refractivity contribution in [2.75, 3.05) is 25.5 Å². The summed E-state index contributed by atoms with van der Waals surface area (Å²) in [6.07, 6.45) is 0.0535. The zero-order valence-corrected chi connectivity index (χ0v) is 28.4. The molecule has 3 N–H and O–H groups in total. The maximum Gasteiger partial charge on any atom is 0.408 e. The highest BCUT2D eigenvalue weighted by Crippen LogP contribution is 2.31. The molecular weight excluding hydrogens is 622 g/mol. The van der Waals surface area contributed by atoms with Gasteiger partial charge in [-0.05, 0) is 60.7 Å². The van der Waals surface area contributed by atoms with E-state index in [1.807, 2.05) is 106 Å². The molecule has 2 heterocycles. The molecule has 3 aromatic rings. The van der Waals surface area contributed by atoms with E-state index in [-0.39, 0.29) is 25.4 Å². The smallest absolute Gasteiger partial charge is 0.408 e. The van der Waals surface area contributed by atoms with Gasteiger partial charge in [0.2, 0.25) is 5.91 Å². The SMILES string of the molecule is CC(C)C[C@H](NC(=O)c1ccc(N(C)C)cc1)C(=O)C1C(=O)[C@H]2NCC[C@H]2N1C(=O)[C@H](Cc1ccccc1)NC(=O)OCc1ccccc1. The van der Waals surface area contributed by atoms with E-state index >= 15 is 0 Å². The number of benzene rings is 3. The normalized spacial score (nSPS) is 19.6. The lowest BCUT2D eigenvalue weighted by molar-refractivity contribution is -0.144. The van der Waals surface area contributed by atoms with Gasteiger partial charge in [-0.1, -0.05) is 74.5 Å². The molecule has 0 aliphatic carbocycles. The summed E-state index contributed by atoms with van der Waals surface area (Å²) in [5, 5.41) is 8.76. The lowest BCUT2D eigenvalue weighted by Gasteiger charge is -2.33. The number of fused-ring (bicyclic) bond motifs is 1. The van der Waals surface area contributed by atoms with E-state index in [0.29, 0.717) is 18.5 Å². The predicted octanol–water partition coefficient (Wildman–Crippen LogP) is 3.51. The molecule has 49 heavy (non-hydrogen) atoms. The third-order valence-electron chi connectivity index (χ3n) is 9.01. The molecule has 0 bridgehead atoms. The van der Waals surface area contributed by atoms with Crippen molar-refractivity contribution < 1.29 is 28.7 Å². The van der Waals surface area contributed by atoms with Crippen LogP contribution >= 0.6 is 0 Å². The lowest BCUT2D eigenvalue weighted by atomic mass is 9.93. The van der Waals surface area contributed by atoms with Gasteiger partial charge in [0, 0.05) is 31.8 Å². The Kier molecular flexibility index (Phi) is 11.5. The Morgan fingerprint density at radius 2 is 1.51 bits per heavy atom. The van der Waals surface area contributed by atoms with Gasteiger partial charge < -0.3 is 30.5 Å². The van der Waals surface area contributed by atoms with E-state index in [1.54, 1.807) is 12.1 Å². The number of hydrogen-bond acceptors (Lipinski definition) is 8. The van der Waals surface area contributed by atoms with Crippen LogP contribution in [0.15, 0.2) is 84.9 Å². The molecular formula is C38H45N5O6. The number of nitrogens with zero attached hydrogens (tertiary/aromatic N) is 2. The molecule has 0 aromatic heterocycles. The summed E-state index contributed by atoms with van der Waals surface area (Å²) in [4.78, 5) is 72.7. The Morgan fingerprint density at radius 3 is 2.12 bits per heavy atom. The third-order valence-corrected chi connectivity index (χ3v) is 9.01. The van der Waals surface area contributed by atoms with Crippen molar-refractivity contribution in [1.82, 2.24) is 20.9 Å². The van der Waals surface area contributed by atoms with Gasteiger partial charge in [0.25, 0.3) is 5.91 Å². The summed E-state index contributed by atoms with van der Waals surface area (Å²) in [5.41, 5.74) is 2.85. The second-order valence-electron chi connectivity index (χ2n) is 13.3. The quantitative estimate of drug-likeness (QED) is 0.236. The molecule has 0 saturated carbocycles. The first-order valence-corrected chi connectivity index (χ1v) is 16.8. The van der Waals surface area contributed by atoms with Crippen molar-refractivity contribution in [3.05, 3.63) is 102 Å². The van der Waals surface area contributed by atoms with Gasteiger partial charge in [-0.3, -0.25) is 19.2 Å². The van der Waals surface area contributed by atoms with Crippen molar-refractivity contribution in [1.29, 1.82) is 0 Å². The highest BCUT2D eigenvalue weighted by atomic mass is 16.5. The van der Waals surface area contributed by atoms with Gasteiger partial charge in [0.15, 0.2) is 17.6 Å². The molecule has 0 radical (unpaired) electrons. The number of carbonyl (C=O) groups is 5. The Bertz CT molecular complexity index is 1630. The average Bonchev–Trinajstić information content (AvgIpc) is 3.68. The maximum absolute atomic E-state index is 14.6. The standard InChI is InChI=1S/C38H45N5O6/c1-24(2)21-29(40-36(46)27-15-17-28(18-16-27)42(3)4)34(44)33-35(45)32-31(19-20-39-32)43(33)37(47)30(22-25-11-7-5-8-12-25)41-38(48)49-23-26-13-9-6-10-14-26/h5-18,24,29-33,39H,19-23H2,1-4H3,(H,40,46)(H,41,48)/t29-,30-,31+,32-,33?/m0/s1. The molecule has 2 aliphatic heterocycles. The second kappa shape index (κ2) is 15.9. The number of hydrogen-bond donors (Lipinski definition) is 3. The summed E-state index contributed by atoms with van der Waals surface area (Å²) >= 11 is 0. The van der Waals surface area contributed by atoms with Gasteiger partial charge >= 0.3 is 6.09 Å². The Labute approximate surface area is 287 Å². The fourth-order valence-corrected chi connectivity index (χ4v) is 6.54. The van der Waals surface area contributed by atoms with Crippen LogP contribution in [0, 0.1) is 5.92 Å². The Hall–Kier alpha value is -5.03. The monoisotopic (exact) mass is 667 g/mol. The number of ether oxygens (including phenoxy) is 1. The van der Waals surface area contributed by atoms with Gasteiger partial charge in [0.05, 0.1) is 18.1 Å². The average molecular weight is 668 g/mol. The number of Topliss-reactive ketones (excluding diaryl/α,β-unsaturated/α-hetero) is 2. The van der Waals surface area contributed by atoms with E-state index in [9.17, 15) is 24.0 Å². The zero-order valence-electron chi connectivity index (χ0n) is 28.4. The molecule has 2 aliphatic rings. The molecule has 0 spiro atoms. The number of rotatable bonds is 13. The molecule has 11 heteroatoms. The molecule has 5 atom stereocenters. The predicted molar refractivity (Wildman–Crippen MR) is 186 cm³/mol. The van der Waals surface area contributed by atoms with Crippen LogP contribution in [0.1, 0.15) is 48.2 Å². The minimum Gasteiger partial charge on any atom is -0.445 e. The molecule has 11 nitrogen and oxygen atoms in total. The molecule has 5 rings (SSSR count). The number of amides is 3. The molecule has 258 valence electrons.